The number of rotatable bonds is 8. The lowest BCUT2D eigenvalue weighted by Crippen LogP contribution is -2.19. The first-order valence-electron chi connectivity index (χ1n) is 12.0. The summed E-state index contributed by atoms with van der Waals surface area (Å²) in [6.45, 7) is 1.74. The minimum absolute atomic E-state index is 0.0155. The number of benzene rings is 3. The van der Waals surface area contributed by atoms with E-state index in [0.717, 1.165) is 12.1 Å². The Bertz CT molecular complexity index is 1550. The Hall–Kier alpha value is -2.33. The molecular weight excluding hydrogens is 665 g/mol. The lowest BCUT2D eigenvalue weighted by molar-refractivity contribution is -0.117. The van der Waals surface area contributed by atoms with E-state index in [4.69, 9.17) is 69.6 Å². The molecule has 3 aromatic rings. The summed E-state index contributed by atoms with van der Waals surface area (Å²) in [5.41, 5.74) is -0.544. The van der Waals surface area contributed by atoms with Gasteiger partial charge in [-0.25, -0.2) is 8.78 Å². The molecule has 1 saturated carbocycles. The average molecular weight is 684 g/mol. The lowest BCUT2D eigenvalue weighted by atomic mass is 10.1. The summed E-state index contributed by atoms with van der Waals surface area (Å²) in [7, 11) is 0. The standard InChI is InChI=1S/C27H19Cl6F2N3O3/c1-2-3-19(39)38-24-17(34)6-7-18(23(24)35)37-25(40)13-10-12(4-5-14(13)28)36-26(41)21-20(27(21,32)33)11-8-15(29)22(31)16(30)9-11/h4-10,20-21H,2-3H2,1H3,(H,36,41)(H,37,40)(H,38,39)/t20-,21?/m0/s1. The van der Waals surface area contributed by atoms with Crippen LogP contribution in [0.25, 0.3) is 0 Å². The summed E-state index contributed by atoms with van der Waals surface area (Å²) >= 11 is 37.2. The average Bonchev–Trinajstić information content (AvgIpc) is 3.49. The van der Waals surface area contributed by atoms with Crippen LogP contribution in [0.5, 0.6) is 0 Å². The van der Waals surface area contributed by atoms with E-state index >= 15 is 0 Å². The van der Waals surface area contributed by atoms with Gasteiger partial charge >= 0.3 is 0 Å². The van der Waals surface area contributed by atoms with Crippen LogP contribution < -0.4 is 16.0 Å². The fraction of sp³-hybridized carbons (Fsp3) is 0.222. The highest BCUT2D eigenvalue weighted by molar-refractivity contribution is 6.54. The summed E-state index contributed by atoms with van der Waals surface area (Å²) in [5.74, 6) is -5.74. The van der Waals surface area contributed by atoms with Crippen LogP contribution in [0.4, 0.5) is 25.8 Å². The topological polar surface area (TPSA) is 87.3 Å². The molecule has 0 saturated heterocycles. The van der Waals surface area contributed by atoms with Crippen molar-refractivity contribution in [2.75, 3.05) is 16.0 Å². The number of carbonyl (C=O) groups excluding carboxylic acids is 3. The maximum absolute atomic E-state index is 15.0. The molecule has 6 nitrogen and oxygen atoms in total. The first-order valence-corrected chi connectivity index (χ1v) is 14.2. The molecule has 3 N–H and O–H groups in total. The molecule has 4 rings (SSSR count). The molecule has 1 aliphatic rings. The first kappa shape index (κ1) is 31.6. The maximum atomic E-state index is 15.0. The van der Waals surface area contributed by atoms with Gasteiger partial charge in [-0.05, 0) is 54.4 Å². The number of alkyl halides is 2. The van der Waals surface area contributed by atoms with Gasteiger partial charge in [0.2, 0.25) is 11.8 Å². The van der Waals surface area contributed by atoms with Crippen molar-refractivity contribution < 1.29 is 23.2 Å². The maximum Gasteiger partial charge on any atom is 0.257 e. The zero-order chi connectivity index (χ0) is 30.2. The molecule has 2 atom stereocenters. The van der Waals surface area contributed by atoms with Gasteiger partial charge in [0.25, 0.3) is 5.91 Å². The van der Waals surface area contributed by atoms with Crippen LogP contribution in [0.1, 0.15) is 41.6 Å². The van der Waals surface area contributed by atoms with E-state index in [-0.39, 0.29) is 37.8 Å². The molecule has 0 spiro atoms. The Labute approximate surface area is 263 Å². The monoisotopic (exact) mass is 681 g/mol. The van der Waals surface area contributed by atoms with Crippen LogP contribution in [-0.2, 0) is 9.59 Å². The molecule has 216 valence electrons. The van der Waals surface area contributed by atoms with Gasteiger partial charge in [0, 0.05) is 18.0 Å². The molecule has 0 heterocycles. The van der Waals surface area contributed by atoms with E-state index in [2.05, 4.69) is 16.0 Å². The Morgan fingerprint density at radius 1 is 0.878 bits per heavy atom. The van der Waals surface area contributed by atoms with Gasteiger partial charge < -0.3 is 16.0 Å². The third-order valence-electron chi connectivity index (χ3n) is 6.26. The molecule has 0 bridgehead atoms. The largest absolute Gasteiger partial charge is 0.326 e. The molecule has 3 aromatic carbocycles. The highest BCUT2D eigenvalue weighted by Crippen LogP contribution is 2.65. The van der Waals surface area contributed by atoms with Crippen molar-refractivity contribution in [1.82, 2.24) is 0 Å². The lowest BCUT2D eigenvalue weighted by Gasteiger charge is -2.13. The van der Waals surface area contributed by atoms with Crippen molar-refractivity contribution in [1.29, 1.82) is 0 Å². The van der Waals surface area contributed by atoms with E-state index in [1.54, 1.807) is 6.92 Å². The van der Waals surface area contributed by atoms with Gasteiger partial charge in [-0.2, -0.15) is 0 Å². The van der Waals surface area contributed by atoms with Gasteiger partial charge in [0.05, 0.1) is 37.3 Å². The number of amides is 3. The Morgan fingerprint density at radius 2 is 1.54 bits per heavy atom. The van der Waals surface area contributed by atoms with Crippen molar-refractivity contribution in [3.05, 3.63) is 85.3 Å². The molecule has 0 radical (unpaired) electrons. The van der Waals surface area contributed by atoms with Crippen molar-refractivity contribution >= 4 is 104 Å². The van der Waals surface area contributed by atoms with E-state index < -0.39 is 56.9 Å². The molecule has 14 heteroatoms. The summed E-state index contributed by atoms with van der Waals surface area (Å²) in [4.78, 5) is 37.9. The first-order chi connectivity index (χ1) is 19.3. The molecule has 41 heavy (non-hydrogen) atoms. The van der Waals surface area contributed by atoms with Crippen LogP contribution >= 0.6 is 69.6 Å². The summed E-state index contributed by atoms with van der Waals surface area (Å²) in [5, 5.41) is 7.59. The number of hydrogen-bond donors (Lipinski definition) is 3. The van der Waals surface area contributed by atoms with Crippen LogP contribution in [0.15, 0.2) is 42.5 Å². The van der Waals surface area contributed by atoms with Crippen LogP contribution in [-0.4, -0.2) is 22.1 Å². The SMILES string of the molecule is CCCC(=O)Nc1c(F)ccc(NC(=O)c2cc(NC(=O)C3[C@H](c4cc(Cl)c(Cl)c(Cl)c4)C3(Cl)Cl)ccc2Cl)c1F. The van der Waals surface area contributed by atoms with E-state index in [9.17, 15) is 23.2 Å². The predicted octanol–water partition coefficient (Wildman–Crippen LogP) is 9.10. The number of anilines is 3. The molecule has 0 aliphatic heterocycles. The highest BCUT2D eigenvalue weighted by atomic mass is 35.5. The van der Waals surface area contributed by atoms with E-state index in [0.29, 0.717) is 12.0 Å². The minimum Gasteiger partial charge on any atom is -0.326 e. The zero-order valence-electron chi connectivity index (χ0n) is 20.9. The third kappa shape index (κ3) is 6.69. The number of carbonyl (C=O) groups is 3. The fourth-order valence-corrected chi connectivity index (χ4v) is 5.85. The quantitative estimate of drug-likeness (QED) is 0.164. The number of halogens is 8. The van der Waals surface area contributed by atoms with E-state index in [1.807, 2.05) is 0 Å². The summed E-state index contributed by atoms with van der Waals surface area (Å²) < 4.78 is 27.7. The van der Waals surface area contributed by atoms with Gasteiger partial charge in [0.1, 0.15) is 15.8 Å². The predicted molar refractivity (Wildman–Crippen MR) is 160 cm³/mol. The third-order valence-corrected chi connectivity index (χ3v) is 8.73. The second-order valence-electron chi connectivity index (χ2n) is 9.15. The van der Waals surface area contributed by atoms with Gasteiger partial charge in [0.15, 0.2) is 5.82 Å². The zero-order valence-corrected chi connectivity index (χ0v) is 25.4. The van der Waals surface area contributed by atoms with Gasteiger partial charge in [-0.3, -0.25) is 14.4 Å². The van der Waals surface area contributed by atoms with Crippen molar-refractivity contribution in [3.63, 3.8) is 0 Å². The van der Waals surface area contributed by atoms with Crippen molar-refractivity contribution in [3.8, 4) is 0 Å². The summed E-state index contributed by atoms with van der Waals surface area (Å²) in [6.07, 6.45) is 0.528. The molecular formula is C27H19Cl6F2N3O3. The van der Waals surface area contributed by atoms with Crippen molar-refractivity contribution in [2.24, 2.45) is 5.92 Å². The second kappa shape index (κ2) is 12.5. The Balaban J connectivity index is 1.52. The second-order valence-corrected chi connectivity index (χ2v) is 12.2. The van der Waals surface area contributed by atoms with Gasteiger partial charge in [-0.1, -0.05) is 53.3 Å². The normalized spacial score (nSPS) is 17.1. The van der Waals surface area contributed by atoms with Crippen molar-refractivity contribution in [2.45, 2.75) is 30.0 Å². The molecule has 1 unspecified atom stereocenters. The smallest absolute Gasteiger partial charge is 0.257 e. The highest BCUT2D eigenvalue weighted by Gasteiger charge is 2.67. The van der Waals surface area contributed by atoms with Crippen LogP contribution in [0.2, 0.25) is 20.1 Å². The Kier molecular flexibility index (Phi) is 9.63. The fourth-order valence-electron chi connectivity index (χ4n) is 4.20. The Morgan fingerprint density at radius 3 is 2.17 bits per heavy atom. The molecule has 1 fully saturated rings. The van der Waals surface area contributed by atoms with Crippen LogP contribution in [0.3, 0.4) is 0 Å². The summed E-state index contributed by atoms with van der Waals surface area (Å²) in [6, 6.07) is 8.99. The van der Waals surface area contributed by atoms with E-state index in [1.165, 1.54) is 30.3 Å². The minimum atomic E-state index is -1.47. The molecule has 0 aromatic heterocycles. The number of nitrogens with one attached hydrogen (secondary N) is 3. The van der Waals surface area contributed by atoms with Crippen LogP contribution in [0, 0.1) is 17.6 Å². The molecule has 1 aliphatic carbocycles. The molecule has 3 amide bonds. The van der Waals surface area contributed by atoms with Gasteiger partial charge in [-0.15, -0.1) is 23.2 Å². The number of hydrogen-bond acceptors (Lipinski definition) is 3.